The van der Waals surface area contributed by atoms with E-state index in [4.69, 9.17) is 5.11 Å². The van der Waals surface area contributed by atoms with Crippen molar-refractivity contribution in [1.82, 2.24) is 5.32 Å². The fraction of sp³-hybridized carbons (Fsp3) is 0.125. The smallest absolute Gasteiger partial charge is 0.322 e. The predicted molar refractivity (Wildman–Crippen MR) is 76.6 cm³/mol. The summed E-state index contributed by atoms with van der Waals surface area (Å²) in [6.45, 7) is 1.56. The molecule has 2 N–H and O–H groups in total. The number of hydrogen-bond donors (Lipinski definition) is 2. The Hall–Kier alpha value is -2.62. The van der Waals surface area contributed by atoms with Crippen molar-refractivity contribution < 1.29 is 14.7 Å². The number of hydrogen-bond acceptors (Lipinski definition) is 2. The molecule has 0 bridgehead atoms. The number of rotatable bonds is 4. The maximum atomic E-state index is 12.1. The fourth-order valence-corrected chi connectivity index (χ4v) is 1.96. The minimum absolute atomic E-state index is 0.383. The Morgan fingerprint density at radius 3 is 2.45 bits per heavy atom. The first kappa shape index (κ1) is 13.8. The number of benzene rings is 2. The number of aryl methyl sites for hydroxylation is 1. The largest absolute Gasteiger partial charge is 0.480 e. The molecule has 2 aromatic carbocycles. The number of carbonyl (C=O) groups is 2. The average Bonchev–Trinajstić information content (AvgIpc) is 2.45. The van der Waals surface area contributed by atoms with Crippen molar-refractivity contribution in [3.05, 3.63) is 59.7 Å². The van der Waals surface area contributed by atoms with Gasteiger partial charge in [0.1, 0.15) is 6.54 Å². The van der Waals surface area contributed by atoms with E-state index in [1.807, 2.05) is 49.4 Å². The molecule has 0 aliphatic rings. The lowest BCUT2D eigenvalue weighted by atomic mass is 9.97. The summed E-state index contributed by atoms with van der Waals surface area (Å²) in [5.74, 6) is -1.45. The maximum Gasteiger partial charge on any atom is 0.322 e. The number of carbonyl (C=O) groups excluding carboxylic acids is 1. The molecule has 0 saturated carbocycles. The van der Waals surface area contributed by atoms with Crippen LogP contribution in [0.4, 0.5) is 0 Å². The minimum atomic E-state index is -1.06. The van der Waals surface area contributed by atoms with E-state index in [0.29, 0.717) is 5.56 Å². The quantitative estimate of drug-likeness (QED) is 0.896. The predicted octanol–water partition coefficient (Wildman–Crippen LogP) is 2.48. The first-order valence-corrected chi connectivity index (χ1v) is 6.24. The number of carboxylic acids is 1. The summed E-state index contributed by atoms with van der Waals surface area (Å²) >= 11 is 0. The monoisotopic (exact) mass is 269 g/mol. The van der Waals surface area contributed by atoms with Crippen LogP contribution in [0.3, 0.4) is 0 Å². The van der Waals surface area contributed by atoms with Crippen LogP contribution in [0.25, 0.3) is 11.1 Å². The molecule has 0 radical (unpaired) electrons. The Morgan fingerprint density at radius 2 is 1.80 bits per heavy atom. The van der Waals surface area contributed by atoms with Gasteiger partial charge < -0.3 is 10.4 Å². The molecule has 0 saturated heterocycles. The van der Waals surface area contributed by atoms with Crippen LogP contribution in [0, 0.1) is 6.92 Å². The number of amides is 1. The molecule has 2 rings (SSSR count). The van der Waals surface area contributed by atoms with E-state index in [1.165, 1.54) is 0 Å². The molecule has 4 nitrogen and oxygen atoms in total. The van der Waals surface area contributed by atoms with Gasteiger partial charge in [0.05, 0.1) is 0 Å². The minimum Gasteiger partial charge on any atom is -0.480 e. The molecular formula is C16H15NO3. The highest BCUT2D eigenvalue weighted by molar-refractivity contribution is 6.02. The van der Waals surface area contributed by atoms with Crippen LogP contribution in [-0.4, -0.2) is 23.5 Å². The molecule has 2 aromatic rings. The molecule has 0 atom stereocenters. The highest BCUT2D eigenvalue weighted by Gasteiger charge is 2.13. The van der Waals surface area contributed by atoms with E-state index in [-0.39, 0.29) is 12.5 Å². The summed E-state index contributed by atoms with van der Waals surface area (Å²) < 4.78 is 0. The van der Waals surface area contributed by atoms with Gasteiger partial charge in [-0.15, -0.1) is 0 Å². The Bertz CT molecular complexity index is 635. The van der Waals surface area contributed by atoms with Crippen molar-refractivity contribution in [3.63, 3.8) is 0 Å². The van der Waals surface area contributed by atoms with Gasteiger partial charge in [-0.1, -0.05) is 48.0 Å². The summed E-state index contributed by atoms with van der Waals surface area (Å²) in [7, 11) is 0. The van der Waals surface area contributed by atoms with Gasteiger partial charge in [-0.2, -0.15) is 0 Å². The van der Waals surface area contributed by atoms with Crippen molar-refractivity contribution in [3.8, 4) is 11.1 Å². The molecule has 4 heteroatoms. The molecule has 0 heterocycles. The standard InChI is InChI=1S/C16H15NO3/c1-11-7-8-13(16(20)17-10-15(18)19)14(9-11)12-5-3-2-4-6-12/h2-9H,10H2,1H3,(H,17,20)(H,18,19). The Kier molecular flexibility index (Phi) is 4.15. The summed E-state index contributed by atoms with van der Waals surface area (Å²) in [6.07, 6.45) is 0. The molecule has 0 aromatic heterocycles. The molecule has 0 aliphatic carbocycles. The van der Waals surface area contributed by atoms with Crippen LogP contribution in [-0.2, 0) is 4.79 Å². The third-order valence-electron chi connectivity index (χ3n) is 2.90. The van der Waals surface area contributed by atoms with Gasteiger partial charge in [-0.3, -0.25) is 9.59 Å². The Morgan fingerprint density at radius 1 is 1.10 bits per heavy atom. The number of nitrogens with one attached hydrogen (secondary N) is 1. The SMILES string of the molecule is Cc1ccc(C(=O)NCC(=O)O)c(-c2ccccc2)c1. The second-order valence-electron chi connectivity index (χ2n) is 4.49. The van der Waals surface area contributed by atoms with E-state index < -0.39 is 5.97 Å². The lowest BCUT2D eigenvalue weighted by Gasteiger charge is -2.10. The molecule has 0 aliphatic heterocycles. The molecule has 0 spiro atoms. The van der Waals surface area contributed by atoms with Gasteiger partial charge in [0, 0.05) is 5.56 Å². The van der Waals surface area contributed by atoms with Gasteiger partial charge >= 0.3 is 5.97 Å². The molecular weight excluding hydrogens is 254 g/mol. The van der Waals surface area contributed by atoms with Crippen molar-refractivity contribution in [2.24, 2.45) is 0 Å². The lowest BCUT2D eigenvalue weighted by molar-refractivity contribution is -0.135. The zero-order chi connectivity index (χ0) is 14.5. The second kappa shape index (κ2) is 6.02. The number of carboxylic acid groups (broad SMARTS) is 1. The average molecular weight is 269 g/mol. The fourth-order valence-electron chi connectivity index (χ4n) is 1.96. The first-order valence-electron chi connectivity index (χ1n) is 6.24. The van der Waals surface area contributed by atoms with E-state index in [1.54, 1.807) is 6.07 Å². The third kappa shape index (κ3) is 3.23. The van der Waals surface area contributed by atoms with E-state index >= 15 is 0 Å². The molecule has 20 heavy (non-hydrogen) atoms. The molecule has 0 unspecified atom stereocenters. The Balaban J connectivity index is 2.38. The zero-order valence-electron chi connectivity index (χ0n) is 11.1. The molecule has 1 amide bonds. The summed E-state index contributed by atoms with van der Waals surface area (Å²) in [6, 6.07) is 15.0. The van der Waals surface area contributed by atoms with Crippen molar-refractivity contribution >= 4 is 11.9 Å². The van der Waals surface area contributed by atoms with E-state index in [2.05, 4.69) is 5.32 Å². The summed E-state index contributed by atoms with van der Waals surface area (Å²) in [4.78, 5) is 22.6. The highest BCUT2D eigenvalue weighted by atomic mass is 16.4. The topological polar surface area (TPSA) is 66.4 Å². The summed E-state index contributed by atoms with van der Waals surface area (Å²) in [5.41, 5.74) is 3.24. The second-order valence-corrected chi connectivity index (χ2v) is 4.49. The van der Waals surface area contributed by atoms with Gasteiger partial charge in [-0.05, 0) is 24.1 Å². The van der Waals surface area contributed by atoms with Crippen LogP contribution < -0.4 is 5.32 Å². The zero-order valence-corrected chi connectivity index (χ0v) is 11.1. The van der Waals surface area contributed by atoms with E-state index in [9.17, 15) is 9.59 Å². The highest BCUT2D eigenvalue weighted by Crippen LogP contribution is 2.24. The van der Waals surface area contributed by atoms with Crippen LogP contribution in [0.1, 0.15) is 15.9 Å². The van der Waals surface area contributed by atoms with Gasteiger partial charge in [-0.25, -0.2) is 0 Å². The number of aliphatic carboxylic acids is 1. The molecule has 0 fully saturated rings. The van der Waals surface area contributed by atoms with E-state index in [0.717, 1.165) is 16.7 Å². The maximum absolute atomic E-state index is 12.1. The lowest BCUT2D eigenvalue weighted by Crippen LogP contribution is -2.29. The first-order chi connectivity index (χ1) is 9.58. The van der Waals surface area contributed by atoms with Crippen LogP contribution in [0.2, 0.25) is 0 Å². The van der Waals surface area contributed by atoms with Gasteiger partial charge in [0.15, 0.2) is 0 Å². The van der Waals surface area contributed by atoms with Crippen molar-refractivity contribution in [2.75, 3.05) is 6.54 Å². The van der Waals surface area contributed by atoms with Crippen LogP contribution >= 0.6 is 0 Å². The van der Waals surface area contributed by atoms with Crippen LogP contribution in [0.15, 0.2) is 48.5 Å². The normalized spacial score (nSPS) is 10.1. The van der Waals surface area contributed by atoms with Gasteiger partial charge in [0.2, 0.25) is 0 Å². The van der Waals surface area contributed by atoms with Gasteiger partial charge in [0.25, 0.3) is 5.91 Å². The summed E-state index contributed by atoms with van der Waals surface area (Å²) in [5, 5.41) is 11.0. The molecule has 102 valence electrons. The third-order valence-corrected chi connectivity index (χ3v) is 2.90. The van der Waals surface area contributed by atoms with Crippen molar-refractivity contribution in [1.29, 1.82) is 0 Å². The Labute approximate surface area is 117 Å². The van der Waals surface area contributed by atoms with Crippen molar-refractivity contribution in [2.45, 2.75) is 6.92 Å². The van der Waals surface area contributed by atoms with Crippen LogP contribution in [0.5, 0.6) is 0 Å².